The topological polar surface area (TPSA) is 169 Å². The van der Waals surface area contributed by atoms with Gasteiger partial charge in [0.1, 0.15) is 17.3 Å². The molecular weight excluding hydrogens is 796 g/mol. The summed E-state index contributed by atoms with van der Waals surface area (Å²) >= 11 is 0. The largest absolute Gasteiger partial charge is 1.00 e. The van der Waals surface area contributed by atoms with E-state index in [4.69, 9.17) is 24.3 Å². The van der Waals surface area contributed by atoms with Gasteiger partial charge in [0.15, 0.2) is 12.4 Å². The van der Waals surface area contributed by atoms with Gasteiger partial charge in [-0.15, -0.1) is 5.06 Å². The average molecular weight is 829 g/mol. The van der Waals surface area contributed by atoms with E-state index in [1.165, 1.54) is 0 Å². The summed E-state index contributed by atoms with van der Waals surface area (Å²) in [5, 5.41) is 0.444. The van der Waals surface area contributed by atoms with Crippen molar-refractivity contribution in [2.24, 2.45) is 9.98 Å². The van der Waals surface area contributed by atoms with Gasteiger partial charge in [0, 0.05) is 41.0 Å². The predicted molar refractivity (Wildman–Crippen MR) is 211 cm³/mol. The van der Waals surface area contributed by atoms with Crippen LogP contribution in [0.1, 0.15) is 30.4 Å². The van der Waals surface area contributed by atoms with E-state index in [1.807, 2.05) is 36.4 Å². The maximum Gasteiger partial charge on any atom is 1.00 e. The molecule has 59 heavy (non-hydrogen) atoms. The summed E-state index contributed by atoms with van der Waals surface area (Å²) in [5.74, 6) is -1.88. The van der Waals surface area contributed by atoms with Gasteiger partial charge in [0.25, 0.3) is 11.8 Å². The smallest absolute Gasteiger partial charge is 0.748 e. The van der Waals surface area contributed by atoms with Crippen LogP contribution in [0.25, 0.3) is 28.0 Å². The number of rotatable bonds is 15. The number of carbonyl (C=O) groups excluding carboxylic acids is 3. The van der Waals surface area contributed by atoms with Gasteiger partial charge in [0.2, 0.25) is 0 Å². The minimum Gasteiger partial charge on any atom is -0.748 e. The molecule has 1 saturated heterocycles. The second-order valence-electron chi connectivity index (χ2n) is 13.0. The number of hydrogen-bond acceptors (Lipinski definition) is 10. The van der Waals surface area contributed by atoms with Crippen molar-refractivity contribution in [1.29, 1.82) is 0 Å². The van der Waals surface area contributed by atoms with Crippen LogP contribution in [0.5, 0.6) is 11.5 Å². The maximum atomic E-state index is 15.3. The van der Waals surface area contributed by atoms with Crippen molar-refractivity contribution in [3.63, 3.8) is 0 Å². The van der Waals surface area contributed by atoms with Crippen molar-refractivity contribution in [2.75, 3.05) is 19.0 Å². The predicted octanol–water partition coefficient (Wildman–Crippen LogP) is 3.51. The van der Waals surface area contributed by atoms with E-state index in [-0.39, 0.29) is 72.8 Å². The zero-order valence-electron chi connectivity index (χ0n) is 31.5. The number of ether oxygens (including phenoxy) is 2. The number of amidine groups is 1. The Kier molecular flexibility index (Phi) is 13.7. The summed E-state index contributed by atoms with van der Waals surface area (Å²) in [6.45, 7) is -0.577. The summed E-state index contributed by atoms with van der Waals surface area (Å²) < 4.78 is 75.2. The molecule has 0 radical (unpaired) electrons. The summed E-state index contributed by atoms with van der Waals surface area (Å²) in [6.07, 6.45) is 1.74. The molecule has 0 bridgehead atoms. The fourth-order valence-corrected chi connectivity index (χ4v) is 6.72. The van der Waals surface area contributed by atoms with Crippen molar-refractivity contribution < 1.29 is 79.9 Å². The second kappa shape index (κ2) is 18.9. The molecule has 2 amide bonds. The number of allylic oxidation sites excluding steroid dienone is 1. The minimum atomic E-state index is -4.38. The number of imide groups is 1. The third kappa shape index (κ3) is 10.5. The molecule has 1 aromatic heterocycles. The van der Waals surface area contributed by atoms with Crippen molar-refractivity contribution in [3.05, 3.63) is 132 Å². The monoisotopic (exact) mass is 828 g/mol. The number of aliphatic imine (C=N–C) groups is 2. The number of amides is 2. The molecule has 7 rings (SSSR count). The summed E-state index contributed by atoms with van der Waals surface area (Å²) in [6, 6.07) is 32.8. The first-order chi connectivity index (χ1) is 27.9. The van der Waals surface area contributed by atoms with Crippen LogP contribution in [0.4, 0.5) is 14.4 Å². The van der Waals surface area contributed by atoms with E-state index in [9.17, 15) is 27.4 Å². The number of benzene rings is 4. The van der Waals surface area contributed by atoms with Crippen LogP contribution in [0.2, 0.25) is 0 Å². The molecule has 0 unspecified atom stereocenters. The number of aromatic nitrogens is 1. The molecular formula is C41H32BF2N4NaO9S. The van der Waals surface area contributed by atoms with Crippen LogP contribution in [0.15, 0.2) is 131 Å². The molecule has 18 heteroatoms. The van der Waals surface area contributed by atoms with Gasteiger partial charge < -0.3 is 23.3 Å². The number of hydrogen-bond donors (Lipinski definition) is 0. The molecule has 1 fully saturated rings. The maximum absolute atomic E-state index is 15.3. The van der Waals surface area contributed by atoms with Crippen LogP contribution in [-0.4, -0.2) is 78.2 Å². The van der Waals surface area contributed by atoms with Gasteiger partial charge in [0.05, 0.1) is 22.4 Å². The molecule has 0 atom stereocenters. The van der Waals surface area contributed by atoms with Crippen LogP contribution >= 0.6 is 0 Å². The molecule has 0 N–H and O–H groups in total. The molecule has 4 aromatic carbocycles. The standard InChI is InChI=1S/C41H33BF2N4O9S.Na/c43-42(44)47-36(30-14-18-31(19-15-30)55-22-7-23-58(52,53)54)25-34(28-10-5-2-6-11-28)41(47)46-40-33(27-8-3-1-4-9-27)24-35(45-40)29-12-16-32(17-13-29)56-26-39(51)57-48-37(49)20-21-38(48)50;/h1-6,8-19,24-25H,7,20-23,26H2,(H,52,53,54);/q;+1/p-1/b46-40-;. The van der Waals surface area contributed by atoms with Gasteiger partial charge in [-0.3, -0.25) is 18.2 Å². The van der Waals surface area contributed by atoms with Gasteiger partial charge in [-0.1, -0.05) is 60.7 Å². The van der Waals surface area contributed by atoms with Crippen LogP contribution in [-0.2, 0) is 29.3 Å². The average Bonchev–Trinajstić information content (AvgIpc) is 3.92. The Balaban J connectivity index is 0.00000585. The zero-order valence-corrected chi connectivity index (χ0v) is 34.3. The third-order valence-corrected chi connectivity index (χ3v) is 9.79. The Morgan fingerprint density at radius 2 is 1.37 bits per heavy atom. The third-order valence-electron chi connectivity index (χ3n) is 9.00. The molecule has 5 aromatic rings. The van der Waals surface area contributed by atoms with Gasteiger partial charge in [-0.05, 0) is 83.8 Å². The quantitative estimate of drug-likeness (QED) is 0.0664. The molecule has 0 aliphatic carbocycles. The van der Waals surface area contributed by atoms with Gasteiger partial charge >= 0.3 is 42.9 Å². The van der Waals surface area contributed by atoms with E-state index in [0.717, 1.165) is 10.0 Å². The van der Waals surface area contributed by atoms with E-state index in [2.05, 4.69) is 0 Å². The van der Waals surface area contributed by atoms with E-state index in [1.54, 1.807) is 84.9 Å². The van der Waals surface area contributed by atoms with Crippen molar-refractivity contribution in [3.8, 4) is 33.9 Å². The molecule has 3 heterocycles. The number of nitrogens with zero attached hydrogens (tertiary/aromatic N) is 4. The number of carbonyl (C=O) groups is 3. The van der Waals surface area contributed by atoms with Crippen molar-refractivity contribution in [2.45, 2.75) is 19.3 Å². The number of halogens is 2. The van der Waals surface area contributed by atoms with Crippen LogP contribution in [0, 0.1) is 0 Å². The Bertz CT molecular complexity index is 2540. The SMILES string of the molecule is O=C(COc1ccc(C2=N/C(=N\c3c(-c4ccccc4)cc(-c4ccc(OCCCS(=O)(=O)[O-])cc4)n3B(F)F)C(c3ccccc3)=C2)cc1)ON1C(=O)CCC1=O.[Na+]. The fraction of sp³-hybridized carbons (Fsp3) is 0.146. The van der Waals surface area contributed by atoms with E-state index in [0.29, 0.717) is 50.1 Å². The normalized spacial score (nSPS) is 14.5. The Morgan fingerprint density at radius 1 is 0.797 bits per heavy atom. The molecule has 0 saturated carbocycles. The molecule has 2 aliphatic heterocycles. The van der Waals surface area contributed by atoms with E-state index >= 15 is 8.63 Å². The first-order valence-corrected chi connectivity index (χ1v) is 19.5. The Hall–Kier alpha value is -5.72. The zero-order chi connectivity index (χ0) is 40.8. The Labute approximate surface area is 360 Å². The molecule has 2 aliphatic rings. The first-order valence-electron chi connectivity index (χ1n) is 17.9. The summed E-state index contributed by atoms with van der Waals surface area (Å²) in [7, 11) is -7.40. The molecule has 294 valence electrons. The van der Waals surface area contributed by atoms with Gasteiger partial charge in [-0.2, -0.15) is 0 Å². The number of hydroxylamine groups is 2. The first kappa shape index (κ1) is 42.9. The second-order valence-corrected chi connectivity index (χ2v) is 14.5. The Morgan fingerprint density at radius 3 is 1.97 bits per heavy atom. The van der Waals surface area contributed by atoms with Crippen LogP contribution < -0.4 is 39.0 Å². The minimum absolute atomic E-state index is 0. The molecule has 0 spiro atoms. The fourth-order valence-electron chi connectivity index (χ4n) is 6.25. The van der Waals surface area contributed by atoms with Crippen molar-refractivity contribution in [1.82, 2.24) is 9.54 Å². The summed E-state index contributed by atoms with van der Waals surface area (Å²) in [5.41, 5.74) is 4.11. The summed E-state index contributed by atoms with van der Waals surface area (Å²) in [4.78, 5) is 50.3. The van der Waals surface area contributed by atoms with Crippen molar-refractivity contribution >= 4 is 58.2 Å². The van der Waals surface area contributed by atoms with Gasteiger partial charge in [-0.25, -0.2) is 23.2 Å². The van der Waals surface area contributed by atoms with E-state index < -0.39 is 47.7 Å². The molecule has 13 nitrogen and oxygen atoms in total. The van der Waals surface area contributed by atoms with Crippen LogP contribution in [0.3, 0.4) is 0 Å².